The first-order valence-electron chi connectivity index (χ1n) is 5.66. The molecule has 0 bridgehead atoms. The summed E-state index contributed by atoms with van der Waals surface area (Å²) in [6, 6.07) is 0.214. The predicted molar refractivity (Wildman–Crippen MR) is 61.8 cm³/mol. The van der Waals surface area contributed by atoms with Crippen LogP contribution >= 0.6 is 11.3 Å². The van der Waals surface area contributed by atoms with Crippen LogP contribution < -0.4 is 5.73 Å². The first-order valence-corrected chi connectivity index (χ1v) is 6.48. The van der Waals surface area contributed by atoms with Crippen LogP contribution in [0.3, 0.4) is 0 Å². The van der Waals surface area contributed by atoms with Crippen LogP contribution in [0.2, 0.25) is 0 Å². The summed E-state index contributed by atoms with van der Waals surface area (Å²) < 4.78 is 0. The molecular weight excluding hydrogens is 206 g/mol. The number of rotatable bonds is 2. The van der Waals surface area contributed by atoms with Crippen LogP contribution in [0.1, 0.15) is 34.5 Å². The smallest absolute Gasteiger partial charge is 0.110 e. The second-order valence-electron chi connectivity index (χ2n) is 4.77. The molecule has 1 aromatic heterocycles. The van der Waals surface area contributed by atoms with Crippen LogP contribution in [0.5, 0.6) is 0 Å². The van der Waals surface area contributed by atoms with Gasteiger partial charge >= 0.3 is 0 Å². The van der Waals surface area contributed by atoms with Gasteiger partial charge in [-0.05, 0) is 25.8 Å². The van der Waals surface area contributed by atoms with Crippen LogP contribution in [-0.2, 0) is 13.0 Å². The Morgan fingerprint density at radius 3 is 3.07 bits per heavy atom. The molecule has 2 N–H and O–H groups in total. The maximum atomic E-state index is 6.18. The molecule has 1 aliphatic heterocycles. The molecule has 82 valence electrons. The number of likely N-dealkylation sites (N-methyl/N-ethyl adjacent to an activating group) is 1. The highest BCUT2D eigenvalue weighted by Crippen LogP contribution is 2.41. The molecule has 1 aromatic rings. The van der Waals surface area contributed by atoms with Gasteiger partial charge in [0.1, 0.15) is 5.01 Å². The van der Waals surface area contributed by atoms with E-state index in [0.29, 0.717) is 0 Å². The highest BCUT2D eigenvalue weighted by Gasteiger charge is 2.32. The molecule has 4 heteroatoms. The van der Waals surface area contributed by atoms with Gasteiger partial charge in [0.25, 0.3) is 0 Å². The third kappa shape index (κ3) is 1.82. The first-order chi connectivity index (χ1) is 7.24. The zero-order chi connectivity index (χ0) is 10.4. The number of nitrogens with zero attached hydrogens (tertiary/aromatic N) is 2. The second-order valence-corrected chi connectivity index (χ2v) is 5.89. The van der Waals surface area contributed by atoms with Gasteiger partial charge in [-0.25, -0.2) is 4.98 Å². The van der Waals surface area contributed by atoms with E-state index in [1.54, 1.807) is 0 Å². The van der Waals surface area contributed by atoms with Crippen molar-refractivity contribution in [3.8, 4) is 0 Å². The van der Waals surface area contributed by atoms with E-state index >= 15 is 0 Å². The van der Waals surface area contributed by atoms with Gasteiger partial charge in [-0.15, -0.1) is 11.3 Å². The first kappa shape index (κ1) is 9.75. The highest BCUT2D eigenvalue weighted by molar-refractivity contribution is 7.11. The lowest BCUT2D eigenvalue weighted by Gasteiger charge is -2.20. The Morgan fingerprint density at radius 2 is 2.33 bits per heavy atom. The highest BCUT2D eigenvalue weighted by atomic mass is 32.1. The van der Waals surface area contributed by atoms with Gasteiger partial charge in [-0.3, -0.25) is 0 Å². The SMILES string of the molecule is CN1CCc2nc(C(N)C3CC3)sc2C1. The molecule has 1 unspecified atom stereocenters. The van der Waals surface area contributed by atoms with Crippen LogP contribution in [-0.4, -0.2) is 23.5 Å². The Morgan fingerprint density at radius 1 is 1.53 bits per heavy atom. The zero-order valence-electron chi connectivity index (χ0n) is 9.07. The molecule has 2 aliphatic rings. The van der Waals surface area contributed by atoms with Crippen molar-refractivity contribution in [1.29, 1.82) is 0 Å². The van der Waals surface area contributed by atoms with E-state index in [-0.39, 0.29) is 6.04 Å². The normalized spacial score (nSPS) is 23.9. The van der Waals surface area contributed by atoms with Gasteiger partial charge in [-0.2, -0.15) is 0 Å². The molecule has 0 saturated heterocycles. The van der Waals surface area contributed by atoms with Crippen LogP contribution in [0.4, 0.5) is 0 Å². The molecule has 2 heterocycles. The van der Waals surface area contributed by atoms with Gasteiger partial charge in [0.05, 0.1) is 11.7 Å². The third-order valence-electron chi connectivity index (χ3n) is 3.35. The van der Waals surface area contributed by atoms with Crippen LogP contribution in [0.15, 0.2) is 0 Å². The van der Waals surface area contributed by atoms with Crippen molar-refractivity contribution in [2.75, 3.05) is 13.6 Å². The third-order valence-corrected chi connectivity index (χ3v) is 4.54. The Balaban J connectivity index is 1.85. The van der Waals surface area contributed by atoms with E-state index in [2.05, 4.69) is 11.9 Å². The van der Waals surface area contributed by atoms with E-state index in [4.69, 9.17) is 10.7 Å². The van der Waals surface area contributed by atoms with Gasteiger partial charge in [0, 0.05) is 24.4 Å². The Hall–Kier alpha value is -0.450. The molecule has 1 saturated carbocycles. The number of hydrogen-bond acceptors (Lipinski definition) is 4. The molecule has 3 nitrogen and oxygen atoms in total. The van der Waals surface area contributed by atoms with Crippen LogP contribution in [0, 0.1) is 5.92 Å². The van der Waals surface area contributed by atoms with Crippen molar-refractivity contribution in [2.45, 2.75) is 31.8 Å². The van der Waals surface area contributed by atoms with Gasteiger partial charge in [0.15, 0.2) is 0 Å². The lowest BCUT2D eigenvalue weighted by molar-refractivity contribution is 0.314. The summed E-state index contributed by atoms with van der Waals surface area (Å²) in [5, 5.41) is 1.18. The quantitative estimate of drug-likeness (QED) is 0.827. The fraction of sp³-hybridized carbons (Fsp3) is 0.727. The summed E-state index contributed by atoms with van der Waals surface area (Å²) in [6.45, 7) is 2.19. The average Bonchev–Trinajstić information content (AvgIpc) is 2.97. The number of fused-ring (bicyclic) bond motifs is 1. The lowest BCUT2D eigenvalue weighted by atomic mass is 10.2. The average molecular weight is 223 g/mol. The number of hydrogen-bond donors (Lipinski definition) is 1. The predicted octanol–water partition coefficient (Wildman–Crippen LogP) is 1.54. The van der Waals surface area contributed by atoms with Crippen molar-refractivity contribution < 1.29 is 0 Å². The fourth-order valence-electron chi connectivity index (χ4n) is 2.14. The summed E-state index contributed by atoms with van der Waals surface area (Å²) in [7, 11) is 2.17. The molecule has 1 fully saturated rings. The largest absolute Gasteiger partial charge is 0.322 e. The van der Waals surface area contributed by atoms with E-state index in [9.17, 15) is 0 Å². The molecule has 15 heavy (non-hydrogen) atoms. The molecule has 0 radical (unpaired) electrons. The van der Waals surface area contributed by atoms with Crippen molar-refractivity contribution in [3.63, 3.8) is 0 Å². The number of aromatic nitrogens is 1. The van der Waals surface area contributed by atoms with Gasteiger partial charge in [0.2, 0.25) is 0 Å². The van der Waals surface area contributed by atoms with Crippen molar-refractivity contribution in [2.24, 2.45) is 11.7 Å². The van der Waals surface area contributed by atoms with Crippen molar-refractivity contribution in [1.82, 2.24) is 9.88 Å². The maximum Gasteiger partial charge on any atom is 0.110 e. The second kappa shape index (κ2) is 3.54. The summed E-state index contributed by atoms with van der Waals surface area (Å²) in [4.78, 5) is 8.51. The molecule has 1 atom stereocenters. The summed E-state index contributed by atoms with van der Waals surface area (Å²) >= 11 is 1.84. The fourth-order valence-corrected chi connectivity index (χ4v) is 3.43. The topological polar surface area (TPSA) is 42.2 Å². The van der Waals surface area contributed by atoms with E-state index in [1.165, 1.54) is 28.4 Å². The minimum atomic E-state index is 0.214. The Kier molecular flexibility index (Phi) is 2.30. The van der Waals surface area contributed by atoms with Gasteiger partial charge in [-0.1, -0.05) is 0 Å². The minimum absolute atomic E-state index is 0.214. The van der Waals surface area contributed by atoms with Crippen LogP contribution in [0.25, 0.3) is 0 Å². The number of thiazole rings is 1. The monoisotopic (exact) mass is 223 g/mol. The summed E-state index contributed by atoms with van der Waals surface area (Å²) in [5.41, 5.74) is 7.49. The Labute approximate surface area is 94.3 Å². The summed E-state index contributed by atoms with van der Waals surface area (Å²) in [5.74, 6) is 0.718. The minimum Gasteiger partial charge on any atom is -0.322 e. The van der Waals surface area contributed by atoms with E-state index < -0.39 is 0 Å². The molecule has 3 rings (SSSR count). The molecule has 1 aliphatic carbocycles. The van der Waals surface area contributed by atoms with Gasteiger partial charge < -0.3 is 10.6 Å². The molecular formula is C11H17N3S. The zero-order valence-corrected chi connectivity index (χ0v) is 9.89. The lowest BCUT2D eigenvalue weighted by Crippen LogP contribution is -2.25. The van der Waals surface area contributed by atoms with E-state index in [1.807, 2.05) is 11.3 Å². The van der Waals surface area contributed by atoms with E-state index in [0.717, 1.165) is 25.4 Å². The maximum absolute atomic E-state index is 6.18. The van der Waals surface area contributed by atoms with Crippen molar-refractivity contribution >= 4 is 11.3 Å². The van der Waals surface area contributed by atoms with Crippen molar-refractivity contribution in [3.05, 3.63) is 15.6 Å². The number of nitrogens with two attached hydrogens (primary N) is 1. The molecule has 0 aromatic carbocycles. The molecule has 0 spiro atoms. The molecule has 0 amide bonds. The summed E-state index contributed by atoms with van der Waals surface area (Å²) in [6.07, 6.45) is 3.69. The standard InChI is InChI=1S/C11H17N3S/c1-14-5-4-8-9(6-14)15-11(13-8)10(12)7-2-3-7/h7,10H,2-6,12H2,1H3. The Bertz CT molecular complexity index is 370.